The Hall–Kier alpha value is -5.84. The van der Waals surface area contributed by atoms with Crippen LogP contribution in [0.1, 0.15) is 163 Å². The number of carbonyl (C=O) groups is 4. The van der Waals surface area contributed by atoms with Gasteiger partial charge in [0.2, 0.25) is 5.91 Å². The topological polar surface area (TPSA) is 196 Å². The van der Waals surface area contributed by atoms with Gasteiger partial charge >= 0.3 is 17.9 Å². The second-order valence-corrected chi connectivity index (χ2v) is 14.4. The maximum Gasteiger partial charge on any atom is 0.341 e. The molecule has 0 heterocycles. The average molecular weight is 859 g/mol. The van der Waals surface area contributed by atoms with Crippen LogP contribution in [0.2, 0.25) is 0 Å². The van der Waals surface area contributed by atoms with Gasteiger partial charge in [-0.15, -0.1) is 0 Å². The van der Waals surface area contributed by atoms with E-state index in [1.807, 2.05) is 0 Å². The SMILES string of the molecule is CC/C=C\C/C=C\C/C=C\CCCCCCCC(=O)Nc1ccc(O)c(C(=O)O)c1.CC/C=C\C/C=C\C/C=C\CCCCCCCC(=O)O.COC(=O)c1cc(N)ccc1O. The molecule has 2 rings (SSSR count). The van der Waals surface area contributed by atoms with Crippen LogP contribution in [0, 0.1) is 0 Å². The van der Waals surface area contributed by atoms with Gasteiger partial charge in [-0.2, -0.15) is 0 Å². The summed E-state index contributed by atoms with van der Waals surface area (Å²) < 4.78 is 4.42. The molecule has 0 saturated carbocycles. The van der Waals surface area contributed by atoms with Crippen LogP contribution in [-0.2, 0) is 14.3 Å². The van der Waals surface area contributed by atoms with Gasteiger partial charge in [-0.25, -0.2) is 9.59 Å². The molecule has 342 valence electrons. The van der Waals surface area contributed by atoms with E-state index in [9.17, 15) is 29.4 Å². The Kier molecular flexibility index (Phi) is 35.6. The van der Waals surface area contributed by atoms with E-state index in [1.54, 1.807) is 0 Å². The number of carboxylic acids is 2. The van der Waals surface area contributed by atoms with Crippen LogP contribution in [0.4, 0.5) is 11.4 Å². The van der Waals surface area contributed by atoms with Crippen molar-refractivity contribution in [2.45, 2.75) is 142 Å². The van der Waals surface area contributed by atoms with Crippen molar-refractivity contribution in [1.82, 2.24) is 0 Å². The van der Waals surface area contributed by atoms with Crippen molar-refractivity contribution < 1.29 is 44.3 Å². The van der Waals surface area contributed by atoms with Gasteiger partial charge in [0.25, 0.3) is 0 Å². The Bertz CT molecular complexity index is 1720. The Morgan fingerprint density at radius 2 is 1.00 bits per heavy atom. The number of nitrogen functional groups attached to an aromatic ring is 1. The largest absolute Gasteiger partial charge is 0.507 e. The van der Waals surface area contributed by atoms with Crippen LogP contribution in [0.3, 0.4) is 0 Å². The standard InChI is InChI=1S/C25H35NO4.C18H30O2.C8H9NO3/c1-2-3-4-5-6-7-8-9-10-11-12-13-14-15-16-17-24(28)26-21-18-19-23(27)22(20-21)25(29)30;1-2-3-4-5-6-7-8-9-10-11-12-13-14-15-16-17-18(19)20;1-12-8(11)6-4-5(9)2-3-7(6)10/h3-4,6-7,9-10,18-20,27H,2,5,8,11-17H2,1H3,(H,26,28)(H,29,30);3-4,6-7,9-10H,2,5,8,11-17H2,1H3,(H,19,20);2-4,10H,9H2,1H3/b2*4-3-,7-6-,10-9-;. The van der Waals surface area contributed by atoms with Crippen LogP contribution in [-0.4, -0.2) is 51.4 Å². The second kappa shape index (κ2) is 39.3. The first-order chi connectivity index (χ1) is 30.0. The zero-order chi connectivity index (χ0) is 46.1. The number of esters is 1. The Labute approximate surface area is 370 Å². The molecular formula is C51H74N2O9. The highest BCUT2D eigenvalue weighted by molar-refractivity contribution is 5.95. The predicted octanol–water partition coefficient (Wildman–Crippen LogP) is 13.0. The molecule has 11 heteroatoms. The molecule has 0 atom stereocenters. The molecule has 7 N–H and O–H groups in total. The van der Waals surface area contributed by atoms with Gasteiger partial charge in [0.05, 0.1) is 7.11 Å². The third-order valence-electron chi connectivity index (χ3n) is 9.03. The number of hydrogen-bond donors (Lipinski definition) is 6. The van der Waals surface area contributed by atoms with E-state index >= 15 is 0 Å². The average Bonchev–Trinajstić information content (AvgIpc) is 3.25. The minimum atomic E-state index is -1.23. The zero-order valence-corrected chi connectivity index (χ0v) is 37.4. The van der Waals surface area contributed by atoms with E-state index in [2.05, 4.69) is 96.8 Å². The molecule has 2 aromatic carbocycles. The van der Waals surface area contributed by atoms with Gasteiger partial charge in [0, 0.05) is 24.2 Å². The maximum absolute atomic E-state index is 12.0. The molecule has 0 aliphatic carbocycles. The van der Waals surface area contributed by atoms with Crippen LogP contribution >= 0.6 is 0 Å². The lowest BCUT2D eigenvalue weighted by Gasteiger charge is -2.07. The van der Waals surface area contributed by atoms with Crippen molar-refractivity contribution in [2.75, 3.05) is 18.2 Å². The Morgan fingerprint density at radius 3 is 1.48 bits per heavy atom. The third-order valence-corrected chi connectivity index (χ3v) is 9.03. The minimum absolute atomic E-state index is 0.0810. The van der Waals surface area contributed by atoms with Crippen molar-refractivity contribution >= 4 is 35.2 Å². The number of phenols is 2. The summed E-state index contributed by atoms with van der Waals surface area (Å²) in [7, 11) is 1.24. The fraction of sp³-hybridized carbons (Fsp3) is 0.451. The smallest absolute Gasteiger partial charge is 0.341 e. The van der Waals surface area contributed by atoms with Gasteiger partial charge in [0.1, 0.15) is 22.6 Å². The summed E-state index contributed by atoms with van der Waals surface area (Å²) in [5.41, 5.74) is 6.06. The number of nitrogens with one attached hydrogen (secondary N) is 1. The zero-order valence-electron chi connectivity index (χ0n) is 37.4. The monoisotopic (exact) mass is 859 g/mol. The normalized spacial score (nSPS) is 11.3. The number of aromatic carboxylic acids is 1. The van der Waals surface area contributed by atoms with E-state index in [0.29, 0.717) is 24.2 Å². The number of anilines is 2. The lowest BCUT2D eigenvalue weighted by molar-refractivity contribution is -0.137. The van der Waals surface area contributed by atoms with Crippen LogP contribution in [0.5, 0.6) is 11.5 Å². The quantitative estimate of drug-likeness (QED) is 0.0151. The number of amides is 1. The lowest BCUT2D eigenvalue weighted by Crippen LogP contribution is -2.11. The van der Waals surface area contributed by atoms with Gasteiger partial charge in [-0.3, -0.25) is 9.59 Å². The van der Waals surface area contributed by atoms with Crippen LogP contribution in [0.15, 0.2) is 109 Å². The van der Waals surface area contributed by atoms with Gasteiger partial charge in [0.15, 0.2) is 0 Å². The highest BCUT2D eigenvalue weighted by atomic mass is 16.5. The summed E-state index contributed by atoms with van der Waals surface area (Å²) >= 11 is 0. The molecule has 11 nitrogen and oxygen atoms in total. The van der Waals surface area contributed by atoms with Crippen molar-refractivity contribution in [3.8, 4) is 11.5 Å². The number of benzene rings is 2. The van der Waals surface area contributed by atoms with E-state index in [0.717, 1.165) is 103 Å². The number of hydrogen-bond acceptors (Lipinski definition) is 8. The van der Waals surface area contributed by atoms with Gasteiger partial charge in [-0.05, 0) is 113 Å². The molecule has 0 aliphatic heterocycles. The number of phenolic OH excluding ortho intramolecular Hbond substituents is 1. The number of carbonyl (C=O) groups excluding carboxylic acids is 2. The summed E-state index contributed by atoms with van der Waals surface area (Å²) in [5, 5.41) is 38.8. The molecule has 0 saturated heterocycles. The van der Waals surface area contributed by atoms with Crippen molar-refractivity contribution in [3.05, 3.63) is 120 Å². The molecule has 0 fully saturated rings. The van der Waals surface area contributed by atoms with E-state index in [1.165, 1.54) is 56.3 Å². The molecule has 2 aromatic rings. The number of carboxylic acid groups (broad SMARTS) is 2. The highest BCUT2D eigenvalue weighted by Crippen LogP contribution is 2.22. The molecule has 62 heavy (non-hydrogen) atoms. The molecule has 0 unspecified atom stereocenters. The number of allylic oxidation sites excluding steroid dienone is 12. The lowest BCUT2D eigenvalue weighted by atomic mass is 10.1. The molecule has 0 aromatic heterocycles. The predicted molar refractivity (Wildman–Crippen MR) is 254 cm³/mol. The number of unbranched alkanes of at least 4 members (excludes halogenated alkanes) is 10. The first-order valence-corrected chi connectivity index (χ1v) is 22.1. The molecule has 0 bridgehead atoms. The number of aromatic hydroxyl groups is 2. The van der Waals surface area contributed by atoms with Crippen molar-refractivity contribution in [2.24, 2.45) is 0 Å². The number of methoxy groups -OCH3 is 1. The fourth-order valence-corrected chi connectivity index (χ4v) is 5.64. The molecule has 0 aliphatic rings. The Morgan fingerprint density at radius 1 is 0.565 bits per heavy atom. The highest BCUT2D eigenvalue weighted by Gasteiger charge is 2.12. The molecule has 0 spiro atoms. The summed E-state index contributed by atoms with van der Waals surface area (Å²) in [6.45, 7) is 4.29. The Balaban J connectivity index is 0.000000994. The number of rotatable bonds is 29. The number of aliphatic carboxylic acids is 1. The summed E-state index contributed by atoms with van der Waals surface area (Å²) in [6, 6.07) is 8.24. The van der Waals surface area contributed by atoms with Crippen molar-refractivity contribution in [1.29, 1.82) is 0 Å². The van der Waals surface area contributed by atoms with Crippen LogP contribution < -0.4 is 11.1 Å². The van der Waals surface area contributed by atoms with Crippen molar-refractivity contribution in [3.63, 3.8) is 0 Å². The number of nitrogens with two attached hydrogens (primary N) is 1. The molecule has 0 radical (unpaired) electrons. The first kappa shape index (κ1) is 56.2. The second-order valence-electron chi connectivity index (χ2n) is 14.4. The minimum Gasteiger partial charge on any atom is -0.507 e. The number of ether oxygens (including phenoxy) is 1. The maximum atomic E-state index is 12.0. The third kappa shape index (κ3) is 32.9. The van der Waals surface area contributed by atoms with E-state index < -0.39 is 17.9 Å². The summed E-state index contributed by atoms with van der Waals surface area (Å²) in [6.07, 6.45) is 46.4. The molecule has 1 amide bonds. The van der Waals surface area contributed by atoms with Gasteiger partial charge in [-0.1, -0.05) is 125 Å². The summed E-state index contributed by atoms with van der Waals surface area (Å²) in [4.78, 5) is 44.2. The van der Waals surface area contributed by atoms with E-state index in [-0.39, 0.29) is 28.5 Å². The van der Waals surface area contributed by atoms with Crippen LogP contribution in [0.25, 0.3) is 0 Å². The first-order valence-electron chi connectivity index (χ1n) is 22.1. The van der Waals surface area contributed by atoms with Gasteiger partial charge < -0.3 is 36.2 Å². The molecular weight excluding hydrogens is 785 g/mol. The summed E-state index contributed by atoms with van der Waals surface area (Å²) in [5.74, 6) is -3.08. The van der Waals surface area contributed by atoms with E-state index in [4.69, 9.17) is 15.9 Å². The fourth-order valence-electron chi connectivity index (χ4n) is 5.64.